The Kier molecular flexibility index (Phi) is 2.96. The van der Waals surface area contributed by atoms with Crippen molar-refractivity contribution in [3.05, 3.63) is 56.6 Å². The van der Waals surface area contributed by atoms with Gasteiger partial charge in [0, 0.05) is 6.07 Å². The predicted octanol–water partition coefficient (Wildman–Crippen LogP) is 1.14. The van der Waals surface area contributed by atoms with Crippen LogP contribution < -0.4 is 0 Å². The standard InChI is InChI=1S/C9H7N5O4/c15-13(16)8-2-1-7(9(3-8)14(17)18)4-12-6-10-5-11-12/h1-3,5-6H,4H2. The molecule has 18 heavy (non-hydrogen) atoms. The zero-order chi connectivity index (χ0) is 13.1. The normalized spacial score (nSPS) is 10.2. The molecule has 0 aliphatic heterocycles. The van der Waals surface area contributed by atoms with E-state index >= 15 is 0 Å². The Labute approximate surface area is 100.0 Å². The average Bonchev–Trinajstić information content (AvgIpc) is 2.81. The van der Waals surface area contributed by atoms with Gasteiger partial charge in [0.15, 0.2) is 0 Å². The molecule has 0 fully saturated rings. The Morgan fingerprint density at radius 3 is 2.56 bits per heavy atom. The van der Waals surface area contributed by atoms with Crippen LogP contribution in [0.1, 0.15) is 5.56 Å². The van der Waals surface area contributed by atoms with Gasteiger partial charge in [-0.2, -0.15) is 5.10 Å². The maximum absolute atomic E-state index is 10.9. The van der Waals surface area contributed by atoms with E-state index in [4.69, 9.17) is 0 Å². The van der Waals surface area contributed by atoms with Crippen LogP contribution in [0.15, 0.2) is 30.9 Å². The molecule has 9 nitrogen and oxygen atoms in total. The molecule has 1 aromatic carbocycles. The molecule has 92 valence electrons. The molecule has 0 unspecified atom stereocenters. The Morgan fingerprint density at radius 1 is 1.22 bits per heavy atom. The summed E-state index contributed by atoms with van der Waals surface area (Å²) in [5, 5.41) is 25.2. The van der Waals surface area contributed by atoms with E-state index in [0.29, 0.717) is 5.56 Å². The second-order valence-electron chi connectivity index (χ2n) is 3.42. The van der Waals surface area contributed by atoms with E-state index in [1.54, 1.807) is 0 Å². The molecule has 0 saturated heterocycles. The third kappa shape index (κ3) is 2.29. The molecule has 0 saturated carbocycles. The second kappa shape index (κ2) is 4.57. The molecule has 2 aromatic rings. The Morgan fingerprint density at radius 2 is 2.00 bits per heavy atom. The van der Waals surface area contributed by atoms with Crippen molar-refractivity contribution < 1.29 is 9.85 Å². The second-order valence-corrected chi connectivity index (χ2v) is 3.42. The summed E-state index contributed by atoms with van der Waals surface area (Å²) in [6.45, 7) is 0.133. The predicted molar refractivity (Wildman–Crippen MR) is 58.9 cm³/mol. The van der Waals surface area contributed by atoms with Gasteiger partial charge in [0.25, 0.3) is 11.4 Å². The van der Waals surface area contributed by atoms with Crippen molar-refractivity contribution in [2.24, 2.45) is 0 Å². The van der Waals surface area contributed by atoms with Crippen LogP contribution >= 0.6 is 0 Å². The van der Waals surface area contributed by atoms with Crippen molar-refractivity contribution in [3.8, 4) is 0 Å². The first-order valence-corrected chi connectivity index (χ1v) is 4.82. The highest BCUT2D eigenvalue weighted by atomic mass is 16.6. The van der Waals surface area contributed by atoms with Crippen LogP contribution in [0.5, 0.6) is 0 Å². The summed E-state index contributed by atoms with van der Waals surface area (Å²) in [5.41, 5.74) is -0.292. The summed E-state index contributed by atoms with van der Waals surface area (Å²) in [6, 6.07) is 3.50. The molecule has 0 atom stereocenters. The van der Waals surface area contributed by atoms with Crippen LogP contribution in [0, 0.1) is 20.2 Å². The third-order valence-electron chi connectivity index (χ3n) is 2.28. The summed E-state index contributed by atoms with van der Waals surface area (Å²) in [4.78, 5) is 23.8. The van der Waals surface area contributed by atoms with Crippen molar-refractivity contribution in [1.82, 2.24) is 14.8 Å². The van der Waals surface area contributed by atoms with E-state index < -0.39 is 9.85 Å². The highest BCUT2D eigenvalue weighted by molar-refractivity contribution is 5.49. The maximum atomic E-state index is 10.9. The summed E-state index contributed by atoms with van der Waals surface area (Å²) in [6.07, 6.45) is 2.71. The molecular formula is C9H7N5O4. The van der Waals surface area contributed by atoms with Crippen molar-refractivity contribution in [2.45, 2.75) is 6.54 Å². The average molecular weight is 249 g/mol. The summed E-state index contributed by atoms with van der Waals surface area (Å²) in [5.74, 6) is 0. The van der Waals surface area contributed by atoms with E-state index in [1.165, 1.54) is 29.5 Å². The van der Waals surface area contributed by atoms with Crippen LogP contribution in [-0.2, 0) is 6.54 Å². The van der Waals surface area contributed by atoms with Crippen LogP contribution in [-0.4, -0.2) is 24.6 Å². The lowest BCUT2D eigenvalue weighted by Crippen LogP contribution is -2.04. The van der Waals surface area contributed by atoms with Gasteiger partial charge in [0.05, 0.1) is 28.0 Å². The maximum Gasteiger partial charge on any atom is 0.281 e. The SMILES string of the molecule is O=[N+]([O-])c1ccc(Cn2cncn2)c([N+](=O)[O-])c1. The molecule has 0 aliphatic carbocycles. The fourth-order valence-electron chi connectivity index (χ4n) is 1.46. The number of benzene rings is 1. The van der Waals surface area contributed by atoms with Gasteiger partial charge in [-0.15, -0.1) is 0 Å². The highest BCUT2D eigenvalue weighted by Gasteiger charge is 2.19. The van der Waals surface area contributed by atoms with Crippen molar-refractivity contribution >= 4 is 11.4 Å². The van der Waals surface area contributed by atoms with Crippen LogP contribution in [0.2, 0.25) is 0 Å². The van der Waals surface area contributed by atoms with Crippen LogP contribution in [0.4, 0.5) is 11.4 Å². The zero-order valence-electron chi connectivity index (χ0n) is 8.96. The molecule has 2 rings (SSSR count). The van der Waals surface area contributed by atoms with Gasteiger partial charge in [0.1, 0.15) is 12.7 Å². The van der Waals surface area contributed by atoms with Crippen molar-refractivity contribution in [1.29, 1.82) is 0 Å². The first kappa shape index (κ1) is 11.6. The first-order valence-electron chi connectivity index (χ1n) is 4.82. The molecule has 0 amide bonds. The van der Waals surface area contributed by atoms with Crippen LogP contribution in [0.25, 0.3) is 0 Å². The number of rotatable bonds is 4. The first-order chi connectivity index (χ1) is 8.58. The fraction of sp³-hybridized carbons (Fsp3) is 0.111. The number of hydrogen-bond donors (Lipinski definition) is 0. The van der Waals surface area contributed by atoms with Gasteiger partial charge in [-0.1, -0.05) is 0 Å². The van der Waals surface area contributed by atoms with E-state index in [9.17, 15) is 20.2 Å². The largest absolute Gasteiger partial charge is 0.281 e. The highest BCUT2D eigenvalue weighted by Crippen LogP contribution is 2.25. The summed E-state index contributed by atoms with van der Waals surface area (Å²) in [7, 11) is 0. The zero-order valence-corrected chi connectivity index (χ0v) is 8.96. The Bertz CT molecular complexity index is 595. The fourth-order valence-corrected chi connectivity index (χ4v) is 1.46. The molecule has 1 aromatic heterocycles. The van der Waals surface area contributed by atoms with Crippen LogP contribution in [0.3, 0.4) is 0 Å². The lowest BCUT2D eigenvalue weighted by Gasteiger charge is -2.02. The van der Waals surface area contributed by atoms with Gasteiger partial charge in [-0.25, -0.2) is 9.67 Å². The van der Waals surface area contributed by atoms with Gasteiger partial charge >= 0.3 is 0 Å². The number of nitro benzene ring substituents is 2. The van der Waals surface area contributed by atoms with Crippen molar-refractivity contribution in [2.75, 3.05) is 0 Å². The molecule has 0 radical (unpaired) electrons. The molecule has 9 heteroatoms. The van der Waals surface area contributed by atoms with Gasteiger partial charge in [0.2, 0.25) is 0 Å². The number of nitrogens with zero attached hydrogens (tertiary/aromatic N) is 5. The summed E-state index contributed by atoms with van der Waals surface area (Å²) >= 11 is 0. The minimum atomic E-state index is -0.674. The lowest BCUT2D eigenvalue weighted by molar-refractivity contribution is -0.394. The number of nitro groups is 2. The van der Waals surface area contributed by atoms with Gasteiger partial charge < -0.3 is 0 Å². The number of aromatic nitrogens is 3. The topological polar surface area (TPSA) is 117 Å². The van der Waals surface area contributed by atoms with E-state index in [-0.39, 0.29) is 17.9 Å². The summed E-state index contributed by atoms with van der Waals surface area (Å²) < 4.78 is 1.40. The molecule has 0 aliphatic rings. The van der Waals surface area contributed by atoms with Gasteiger partial charge in [-0.3, -0.25) is 20.2 Å². The number of hydrogen-bond acceptors (Lipinski definition) is 6. The number of non-ortho nitro benzene ring substituents is 1. The third-order valence-corrected chi connectivity index (χ3v) is 2.28. The molecule has 0 bridgehead atoms. The smallest absolute Gasteiger partial charge is 0.258 e. The minimum absolute atomic E-state index is 0.133. The monoisotopic (exact) mass is 249 g/mol. The molecule has 0 spiro atoms. The molecule has 0 N–H and O–H groups in total. The van der Waals surface area contributed by atoms with Crippen molar-refractivity contribution in [3.63, 3.8) is 0 Å². The quantitative estimate of drug-likeness (QED) is 0.592. The van der Waals surface area contributed by atoms with Gasteiger partial charge in [-0.05, 0) is 6.07 Å². The van der Waals surface area contributed by atoms with E-state index in [2.05, 4.69) is 10.1 Å². The minimum Gasteiger partial charge on any atom is -0.258 e. The van der Waals surface area contributed by atoms with E-state index in [1.807, 2.05) is 0 Å². The molecular weight excluding hydrogens is 242 g/mol. The Hall–Kier alpha value is -2.84. The lowest BCUT2D eigenvalue weighted by atomic mass is 10.1. The molecule has 1 heterocycles. The Balaban J connectivity index is 2.40. The van der Waals surface area contributed by atoms with E-state index in [0.717, 1.165) is 6.07 Å².